The zero-order valence-electron chi connectivity index (χ0n) is 12.4. The van der Waals surface area contributed by atoms with E-state index in [0.717, 1.165) is 61.9 Å². The number of aromatic nitrogens is 1. The molecule has 1 aliphatic heterocycles. The van der Waals surface area contributed by atoms with Crippen molar-refractivity contribution in [2.45, 2.75) is 38.8 Å². The van der Waals surface area contributed by atoms with Gasteiger partial charge in [0.25, 0.3) is 0 Å². The van der Waals surface area contributed by atoms with Gasteiger partial charge >= 0.3 is 0 Å². The fourth-order valence-electron chi connectivity index (χ4n) is 2.53. The van der Waals surface area contributed by atoms with E-state index < -0.39 is 0 Å². The summed E-state index contributed by atoms with van der Waals surface area (Å²) in [7, 11) is 1.92. The molecule has 1 atom stereocenters. The van der Waals surface area contributed by atoms with Crippen LogP contribution in [-0.4, -0.2) is 37.8 Å². The largest absolute Gasteiger partial charge is 0.376 e. The summed E-state index contributed by atoms with van der Waals surface area (Å²) in [6.07, 6.45) is 5.45. The number of hydrogen-bond acceptors (Lipinski definition) is 4. The van der Waals surface area contributed by atoms with Crippen LogP contribution in [0.4, 0.5) is 5.82 Å². The van der Waals surface area contributed by atoms with Gasteiger partial charge in [0.15, 0.2) is 0 Å². The summed E-state index contributed by atoms with van der Waals surface area (Å²) in [5.41, 5.74) is 1.09. The number of nitrogens with zero attached hydrogens (tertiary/aromatic N) is 2. The van der Waals surface area contributed by atoms with Crippen LogP contribution in [0, 0.1) is 0 Å². The Kier molecular flexibility index (Phi) is 6.07. The minimum atomic E-state index is 0.328. The monoisotopic (exact) mass is 297 g/mol. The molecule has 0 aromatic carbocycles. The van der Waals surface area contributed by atoms with Gasteiger partial charge < -0.3 is 15.0 Å². The Morgan fingerprint density at radius 2 is 2.40 bits per heavy atom. The minimum absolute atomic E-state index is 0.328. The Bertz CT molecular complexity index is 428. The first kappa shape index (κ1) is 15.5. The molecule has 4 nitrogen and oxygen atoms in total. The number of pyridine rings is 1. The normalized spacial score (nSPS) is 19.4. The molecule has 1 saturated heterocycles. The van der Waals surface area contributed by atoms with Crippen molar-refractivity contribution < 1.29 is 4.74 Å². The van der Waals surface area contributed by atoms with Crippen LogP contribution in [0.25, 0.3) is 0 Å². The van der Waals surface area contributed by atoms with Crippen molar-refractivity contribution >= 4 is 17.4 Å². The highest BCUT2D eigenvalue weighted by Gasteiger charge is 2.21. The summed E-state index contributed by atoms with van der Waals surface area (Å²) in [6.45, 7) is 5.72. The molecule has 1 fully saturated rings. The minimum Gasteiger partial charge on any atom is -0.376 e. The van der Waals surface area contributed by atoms with Crippen LogP contribution >= 0.6 is 11.6 Å². The summed E-state index contributed by atoms with van der Waals surface area (Å²) in [6, 6.07) is 2.08. The molecule has 1 unspecified atom stereocenters. The summed E-state index contributed by atoms with van der Waals surface area (Å²) in [4.78, 5) is 6.78. The number of nitrogens with one attached hydrogen (secondary N) is 1. The molecule has 1 aromatic heterocycles. The molecule has 5 heteroatoms. The van der Waals surface area contributed by atoms with Crippen molar-refractivity contribution in [1.29, 1.82) is 0 Å². The van der Waals surface area contributed by atoms with Crippen LogP contribution in [0.1, 0.15) is 31.7 Å². The Hall–Kier alpha value is -0.840. The van der Waals surface area contributed by atoms with Crippen molar-refractivity contribution in [3.63, 3.8) is 0 Å². The lowest BCUT2D eigenvalue weighted by Gasteiger charge is -2.33. The highest BCUT2D eigenvalue weighted by Crippen LogP contribution is 2.24. The zero-order valence-corrected chi connectivity index (χ0v) is 13.1. The van der Waals surface area contributed by atoms with Crippen molar-refractivity contribution in [1.82, 2.24) is 10.3 Å². The first-order valence-electron chi connectivity index (χ1n) is 7.40. The van der Waals surface area contributed by atoms with Crippen LogP contribution in [-0.2, 0) is 11.3 Å². The molecule has 1 N–H and O–H groups in total. The van der Waals surface area contributed by atoms with E-state index in [-0.39, 0.29) is 0 Å². The summed E-state index contributed by atoms with van der Waals surface area (Å²) < 4.78 is 5.88. The standard InChI is InChI=1S/C15H24ClN3O/c1-3-7-20-13-5-4-6-19(11-13)15-8-12(9-17-2)14(16)10-18-15/h8,10,13,17H,3-7,9,11H2,1-2H3. The molecule has 2 rings (SSSR count). The Morgan fingerprint density at radius 3 is 3.15 bits per heavy atom. The van der Waals surface area contributed by atoms with Crippen LogP contribution in [0.2, 0.25) is 5.02 Å². The second-order valence-electron chi connectivity index (χ2n) is 5.25. The average molecular weight is 298 g/mol. The van der Waals surface area contributed by atoms with Crippen LogP contribution in [0.15, 0.2) is 12.3 Å². The van der Waals surface area contributed by atoms with Gasteiger partial charge in [-0.05, 0) is 37.9 Å². The maximum Gasteiger partial charge on any atom is 0.128 e. The van der Waals surface area contributed by atoms with Gasteiger partial charge in [-0.3, -0.25) is 0 Å². The van der Waals surface area contributed by atoms with Crippen molar-refractivity contribution in [3.8, 4) is 0 Å². The van der Waals surface area contributed by atoms with E-state index in [1.54, 1.807) is 6.20 Å². The molecule has 112 valence electrons. The lowest BCUT2D eigenvalue weighted by molar-refractivity contribution is 0.0439. The van der Waals surface area contributed by atoms with E-state index in [9.17, 15) is 0 Å². The Balaban J connectivity index is 2.04. The Morgan fingerprint density at radius 1 is 1.55 bits per heavy atom. The maximum absolute atomic E-state index is 6.17. The molecule has 0 aliphatic carbocycles. The molecule has 20 heavy (non-hydrogen) atoms. The summed E-state index contributed by atoms with van der Waals surface area (Å²) >= 11 is 6.17. The third kappa shape index (κ3) is 4.08. The molecule has 1 aromatic rings. The topological polar surface area (TPSA) is 37.4 Å². The van der Waals surface area contributed by atoms with E-state index in [1.807, 2.05) is 7.05 Å². The molecule has 0 spiro atoms. The number of rotatable bonds is 6. The van der Waals surface area contributed by atoms with E-state index in [2.05, 4.69) is 28.2 Å². The quantitative estimate of drug-likeness (QED) is 0.876. The molecule has 0 saturated carbocycles. The van der Waals surface area contributed by atoms with Gasteiger partial charge in [-0.1, -0.05) is 18.5 Å². The van der Waals surface area contributed by atoms with Crippen LogP contribution in [0.5, 0.6) is 0 Å². The SMILES string of the molecule is CCCOC1CCCN(c2cc(CNC)c(Cl)cn2)C1. The van der Waals surface area contributed by atoms with E-state index >= 15 is 0 Å². The molecular formula is C15H24ClN3O. The molecule has 1 aliphatic rings. The first-order chi connectivity index (χ1) is 9.74. The van der Waals surface area contributed by atoms with Gasteiger partial charge in [0, 0.05) is 32.4 Å². The third-order valence-corrected chi connectivity index (χ3v) is 3.89. The van der Waals surface area contributed by atoms with Gasteiger partial charge in [0.05, 0.1) is 11.1 Å². The third-order valence-electron chi connectivity index (χ3n) is 3.55. The molecule has 0 radical (unpaired) electrons. The van der Waals surface area contributed by atoms with Crippen molar-refractivity contribution in [2.24, 2.45) is 0 Å². The maximum atomic E-state index is 6.17. The fourth-order valence-corrected chi connectivity index (χ4v) is 2.70. The lowest BCUT2D eigenvalue weighted by atomic mass is 10.1. The predicted molar refractivity (Wildman–Crippen MR) is 83.5 cm³/mol. The Labute approximate surface area is 126 Å². The molecular weight excluding hydrogens is 274 g/mol. The zero-order chi connectivity index (χ0) is 14.4. The number of anilines is 1. The second-order valence-corrected chi connectivity index (χ2v) is 5.65. The lowest BCUT2D eigenvalue weighted by Crippen LogP contribution is -2.40. The first-order valence-corrected chi connectivity index (χ1v) is 7.78. The van der Waals surface area contributed by atoms with Gasteiger partial charge in [0.2, 0.25) is 0 Å². The van der Waals surface area contributed by atoms with Gasteiger partial charge in [0.1, 0.15) is 5.82 Å². The second kappa shape index (κ2) is 7.81. The highest BCUT2D eigenvalue weighted by atomic mass is 35.5. The van der Waals surface area contributed by atoms with Gasteiger partial charge in [-0.15, -0.1) is 0 Å². The van der Waals surface area contributed by atoms with Gasteiger partial charge in [-0.25, -0.2) is 4.98 Å². The fraction of sp³-hybridized carbons (Fsp3) is 0.667. The summed E-state index contributed by atoms with van der Waals surface area (Å²) in [5, 5.41) is 3.86. The van der Waals surface area contributed by atoms with Crippen molar-refractivity contribution in [2.75, 3.05) is 31.6 Å². The highest BCUT2D eigenvalue weighted by molar-refractivity contribution is 6.31. The molecule has 2 heterocycles. The van der Waals surface area contributed by atoms with Crippen molar-refractivity contribution in [3.05, 3.63) is 22.8 Å². The predicted octanol–water partition coefficient (Wildman–Crippen LogP) is 2.85. The van der Waals surface area contributed by atoms with E-state index in [1.165, 1.54) is 0 Å². The van der Waals surface area contributed by atoms with Gasteiger partial charge in [-0.2, -0.15) is 0 Å². The summed E-state index contributed by atoms with van der Waals surface area (Å²) in [5.74, 6) is 1.00. The van der Waals surface area contributed by atoms with E-state index in [4.69, 9.17) is 16.3 Å². The molecule has 0 bridgehead atoms. The van der Waals surface area contributed by atoms with Crippen LogP contribution < -0.4 is 10.2 Å². The smallest absolute Gasteiger partial charge is 0.128 e. The number of hydrogen-bond donors (Lipinski definition) is 1. The van der Waals surface area contributed by atoms with Crippen LogP contribution in [0.3, 0.4) is 0 Å². The van der Waals surface area contributed by atoms with E-state index in [0.29, 0.717) is 6.10 Å². The molecule has 0 amide bonds. The number of piperidine rings is 1. The number of halogens is 1. The number of ether oxygens (including phenoxy) is 1. The average Bonchev–Trinajstić information content (AvgIpc) is 2.48.